The molecule has 4 rings (SSSR count). The van der Waals surface area contributed by atoms with Crippen LogP contribution in [-0.4, -0.2) is 4.98 Å². The van der Waals surface area contributed by atoms with Gasteiger partial charge in [0.1, 0.15) is 0 Å². The highest BCUT2D eigenvalue weighted by Gasteiger charge is 2.29. The Morgan fingerprint density at radius 3 is 1.78 bits per heavy atom. The monoisotopic (exact) mass is 369 g/mol. The third-order valence-corrected chi connectivity index (χ3v) is 7.81. The lowest BCUT2D eigenvalue weighted by atomic mass is 10.1. The third kappa shape index (κ3) is 3.25. The Balaban J connectivity index is 1.90. The van der Waals surface area contributed by atoms with E-state index in [1.165, 1.54) is 0 Å². The van der Waals surface area contributed by atoms with Crippen LogP contribution >= 0.6 is 7.14 Å². The van der Waals surface area contributed by atoms with Crippen LogP contribution in [0.25, 0.3) is 11.3 Å². The number of rotatable bonds is 4. The predicted molar refractivity (Wildman–Crippen MR) is 114 cm³/mol. The highest BCUT2D eigenvalue weighted by Crippen LogP contribution is 2.42. The Bertz CT molecular complexity index is 1050. The van der Waals surface area contributed by atoms with Crippen LogP contribution < -0.4 is 15.9 Å². The first kappa shape index (κ1) is 17.5. The van der Waals surface area contributed by atoms with Gasteiger partial charge in [0.15, 0.2) is 7.14 Å². The minimum Gasteiger partial charge on any atom is -0.309 e. The van der Waals surface area contributed by atoms with E-state index in [1.54, 1.807) is 6.20 Å². The van der Waals surface area contributed by atoms with Crippen LogP contribution in [0.3, 0.4) is 0 Å². The Kier molecular flexibility index (Phi) is 4.75. The second-order valence-corrected chi connectivity index (χ2v) is 9.26. The lowest BCUT2D eigenvalue weighted by molar-refractivity contribution is 0.592. The van der Waals surface area contributed by atoms with Gasteiger partial charge in [-0.05, 0) is 30.7 Å². The van der Waals surface area contributed by atoms with Crippen molar-refractivity contribution < 1.29 is 4.57 Å². The zero-order valence-corrected chi connectivity index (χ0v) is 16.0. The second-order valence-electron chi connectivity index (χ2n) is 6.49. The zero-order valence-electron chi connectivity index (χ0n) is 15.1. The van der Waals surface area contributed by atoms with Crippen LogP contribution in [0, 0.1) is 6.92 Å². The van der Waals surface area contributed by atoms with E-state index in [2.05, 4.69) is 4.98 Å². The summed E-state index contributed by atoms with van der Waals surface area (Å²) in [5, 5.41) is 2.54. The molecule has 0 aliphatic heterocycles. The van der Waals surface area contributed by atoms with Crippen LogP contribution in [0.1, 0.15) is 5.56 Å². The fraction of sp³-hybridized carbons (Fsp3) is 0.0417. The first-order valence-corrected chi connectivity index (χ1v) is 10.6. The Labute approximate surface area is 159 Å². The third-order valence-electron chi connectivity index (χ3n) is 4.75. The van der Waals surface area contributed by atoms with Gasteiger partial charge in [0.2, 0.25) is 0 Å². The van der Waals surface area contributed by atoms with E-state index in [0.717, 1.165) is 32.7 Å². The largest absolute Gasteiger partial charge is 0.309 e. The van der Waals surface area contributed by atoms with E-state index < -0.39 is 7.14 Å². The molecule has 0 saturated heterocycles. The van der Waals surface area contributed by atoms with Crippen molar-refractivity contribution in [3.8, 4) is 11.3 Å². The molecule has 0 unspecified atom stereocenters. The number of aromatic nitrogens is 1. The minimum absolute atomic E-state index is 0.845. The van der Waals surface area contributed by atoms with E-state index in [0.29, 0.717) is 0 Å². The molecule has 3 heteroatoms. The molecular weight excluding hydrogens is 349 g/mol. The standard InChI is InChI=1S/C24H20NOP/c1-19-18-22(15-16-23(19)24-14-8-9-17-25-24)27(26,20-10-4-2-5-11-20)21-12-6-3-7-13-21/h2-18H,1H3. The first-order valence-electron chi connectivity index (χ1n) is 8.93. The number of hydrogen-bond donors (Lipinski definition) is 0. The van der Waals surface area contributed by atoms with Crippen LogP contribution in [0.2, 0.25) is 0 Å². The molecule has 3 aromatic carbocycles. The topological polar surface area (TPSA) is 30.0 Å². The molecular formula is C24H20NOP. The molecule has 0 amide bonds. The number of benzene rings is 3. The molecule has 0 spiro atoms. The summed E-state index contributed by atoms with van der Waals surface area (Å²) in [6, 6.07) is 31.4. The summed E-state index contributed by atoms with van der Waals surface area (Å²) in [5.41, 5.74) is 3.06. The van der Waals surface area contributed by atoms with Crippen LogP contribution in [0.15, 0.2) is 103 Å². The van der Waals surface area contributed by atoms with Gasteiger partial charge in [-0.3, -0.25) is 4.98 Å². The van der Waals surface area contributed by atoms with Crippen molar-refractivity contribution in [2.45, 2.75) is 6.92 Å². The van der Waals surface area contributed by atoms with Crippen LogP contribution in [0.4, 0.5) is 0 Å². The zero-order chi connectivity index (χ0) is 18.7. The lowest BCUT2D eigenvalue weighted by Gasteiger charge is -2.21. The summed E-state index contributed by atoms with van der Waals surface area (Å²) in [4.78, 5) is 4.45. The van der Waals surface area contributed by atoms with Crippen molar-refractivity contribution in [3.05, 3.63) is 109 Å². The molecule has 0 aliphatic carbocycles. The van der Waals surface area contributed by atoms with Crippen molar-refractivity contribution >= 4 is 23.1 Å². The normalized spacial score (nSPS) is 11.3. The number of hydrogen-bond acceptors (Lipinski definition) is 2. The maximum absolute atomic E-state index is 14.4. The van der Waals surface area contributed by atoms with Crippen molar-refractivity contribution in [1.29, 1.82) is 0 Å². The predicted octanol–water partition coefficient (Wildman–Crippen LogP) is 4.70. The van der Waals surface area contributed by atoms with Crippen molar-refractivity contribution in [1.82, 2.24) is 4.98 Å². The molecule has 4 aromatic rings. The lowest BCUT2D eigenvalue weighted by Crippen LogP contribution is -2.25. The maximum atomic E-state index is 14.4. The number of pyridine rings is 1. The maximum Gasteiger partial charge on any atom is 0.171 e. The van der Waals surface area contributed by atoms with Crippen LogP contribution in [-0.2, 0) is 4.57 Å². The summed E-state index contributed by atoms with van der Waals surface area (Å²) in [5.74, 6) is 0. The molecule has 0 radical (unpaired) electrons. The van der Waals surface area contributed by atoms with E-state index in [9.17, 15) is 4.57 Å². The molecule has 2 nitrogen and oxygen atoms in total. The van der Waals surface area contributed by atoms with E-state index in [1.807, 2.05) is 104 Å². The molecule has 1 aromatic heterocycles. The average molecular weight is 369 g/mol. The molecule has 132 valence electrons. The molecule has 1 heterocycles. The van der Waals surface area contributed by atoms with Crippen LogP contribution in [0.5, 0.6) is 0 Å². The van der Waals surface area contributed by atoms with Crippen molar-refractivity contribution in [2.24, 2.45) is 0 Å². The smallest absolute Gasteiger partial charge is 0.171 e. The summed E-state index contributed by atoms with van der Waals surface area (Å²) < 4.78 is 14.4. The van der Waals surface area contributed by atoms with Gasteiger partial charge in [-0.25, -0.2) is 0 Å². The SMILES string of the molecule is Cc1cc(P(=O)(c2ccccc2)c2ccccc2)ccc1-c1ccccn1. The van der Waals surface area contributed by atoms with Crippen molar-refractivity contribution in [2.75, 3.05) is 0 Å². The van der Waals surface area contributed by atoms with Gasteiger partial charge in [-0.15, -0.1) is 0 Å². The molecule has 0 aliphatic rings. The highest BCUT2D eigenvalue weighted by atomic mass is 31.2. The molecule has 0 bridgehead atoms. The molecule has 27 heavy (non-hydrogen) atoms. The van der Waals surface area contributed by atoms with Gasteiger partial charge < -0.3 is 4.57 Å². The fourth-order valence-corrected chi connectivity index (χ4v) is 6.11. The summed E-state index contributed by atoms with van der Waals surface area (Å²) in [6.07, 6.45) is 1.79. The minimum atomic E-state index is -2.94. The van der Waals surface area contributed by atoms with Crippen molar-refractivity contribution in [3.63, 3.8) is 0 Å². The Hall–Kier alpha value is -2.96. The van der Waals surface area contributed by atoms with Gasteiger partial charge >= 0.3 is 0 Å². The van der Waals surface area contributed by atoms with Gasteiger partial charge in [0, 0.05) is 27.7 Å². The van der Waals surface area contributed by atoms with E-state index in [-0.39, 0.29) is 0 Å². The summed E-state index contributed by atoms with van der Waals surface area (Å²) in [7, 11) is -2.94. The quantitative estimate of drug-likeness (QED) is 0.488. The van der Waals surface area contributed by atoms with Gasteiger partial charge in [0.05, 0.1) is 5.69 Å². The second kappa shape index (κ2) is 7.34. The number of nitrogens with zero attached hydrogens (tertiary/aromatic N) is 1. The average Bonchev–Trinajstić information content (AvgIpc) is 2.75. The first-order chi connectivity index (χ1) is 13.2. The molecule has 0 N–H and O–H groups in total. The molecule has 0 fully saturated rings. The summed E-state index contributed by atoms with van der Waals surface area (Å²) in [6.45, 7) is 2.05. The van der Waals surface area contributed by atoms with E-state index in [4.69, 9.17) is 0 Å². The van der Waals surface area contributed by atoms with Gasteiger partial charge in [-0.2, -0.15) is 0 Å². The van der Waals surface area contributed by atoms with Gasteiger partial charge in [-0.1, -0.05) is 78.9 Å². The van der Waals surface area contributed by atoms with E-state index >= 15 is 0 Å². The Morgan fingerprint density at radius 1 is 0.667 bits per heavy atom. The molecule has 0 saturated carbocycles. The van der Waals surface area contributed by atoms with Gasteiger partial charge in [0.25, 0.3) is 0 Å². The highest BCUT2D eigenvalue weighted by molar-refractivity contribution is 7.85. The number of aryl methyl sites for hydroxylation is 1. The Morgan fingerprint density at radius 2 is 1.26 bits per heavy atom. The fourth-order valence-electron chi connectivity index (χ4n) is 3.38. The molecule has 0 atom stereocenters. The summed E-state index contributed by atoms with van der Waals surface area (Å²) >= 11 is 0.